The second kappa shape index (κ2) is 11.0. The van der Waals surface area contributed by atoms with Crippen LogP contribution in [0.15, 0.2) is 182 Å². The van der Waals surface area contributed by atoms with Crippen molar-refractivity contribution in [3.05, 3.63) is 182 Å². The molecule has 2 nitrogen and oxygen atoms in total. The number of rotatable bonds is 4. The lowest BCUT2D eigenvalue weighted by Gasteiger charge is -2.19. The van der Waals surface area contributed by atoms with E-state index in [4.69, 9.17) is 0 Å². The normalized spacial score (nSPS) is 11.7. The van der Waals surface area contributed by atoms with Crippen molar-refractivity contribution in [1.29, 1.82) is 0 Å². The second-order valence-corrected chi connectivity index (χ2v) is 12.8. The van der Waals surface area contributed by atoms with E-state index in [-0.39, 0.29) is 0 Å². The fraction of sp³-hybridized carbons (Fsp3) is 0. The number of pyridine rings is 1. The maximum atomic E-state index is 4.52. The molecule has 0 saturated heterocycles. The molecule has 0 aliphatic heterocycles. The molecule has 49 heavy (non-hydrogen) atoms. The van der Waals surface area contributed by atoms with Gasteiger partial charge in [0.15, 0.2) is 0 Å². The summed E-state index contributed by atoms with van der Waals surface area (Å²) in [7, 11) is 0. The molecule has 0 amide bonds. The first kappa shape index (κ1) is 27.6. The van der Waals surface area contributed by atoms with Gasteiger partial charge in [0.05, 0.1) is 11.0 Å². The zero-order valence-corrected chi connectivity index (χ0v) is 26.7. The highest BCUT2D eigenvalue weighted by Gasteiger charge is 2.18. The Kier molecular flexibility index (Phi) is 6.22. The van der Waals surface area contributed by atoms with Gasteiger partial charge in [-0.25, -0.2) is 0 Å². The largest absolute Gasteiger partial charge is 0.315 e. The van der Waals surface area contributed by atoms with Crippen LogP contribution in [-0.4, -0.2) is 9.55 Å². The Hall–Kier alpha value is -6.51. The molecule has 0 aliphatic carbocycles. The van der Waals surface area contributed by atoms with Crippen molar-refractivity contribution in [1.82, 2.24) is 9.55 Å². The van der Waals surface area contributed by atoms with Crippen molar-refractivity contribution >= 4 is 54.1 Å². The summed E-state index contributed by atoms with van der Waals surface area (Å²) >= 11 is 0. The van der Waals surface area contributed by atoms with Crippen molar-refractivity contribution in [2.45, 2.75) is 0 Å². The summed E-state index contributed by atoms with van der Waals surface area (Å²) in [6.07, 6.45) is 3.94. The number of benzene rings is 8. The Morgan fingerprint density at radius 2 is 0.918 bits per heavy atom. The molecule has 0 unspecified atom stereocenters. The van der Waals surface area contributed by atoms with Crippen molar-refractivity contribution in [3.63, 3.8) is 0 Å². The number of nitrogens with zero attached hydrogens (tertiary/aromatic N) is 2. The van der Waals surface area contributed by atoms with Gasteiger partial charge < -0.3 is 4.57 Å². The SMILES string of the molecule is c1ccc2cc(-c3c4ccccc4c(-c4ccc5ccccc5c4)c4cc(-c5ccc(-n6ccc7ncccc76)cc5)ccc34)ccc2c1. The lowest BCUT2D eigenvalue weighted by atomic mass is 9.84. The third-order valence-corrected chi connectivity index (χ3v) is 10.0. The highest BCUT2D eigenvalue weighted by molar-refractivity contribution is 6.22. The van der Waals surface area contributed by atoms with E-state index in [0.29, 0.717) is 0 Å². The minimum Gasteiger partial charge on any atom is -0.315 e. The molecule has 0 saturated carbocycles. The topological polar surface area (TPSA) is 17.8 Å². The van der Waals surface area contributed by atoms with Crippen molar-refractivity contribution in [2.24, 2.45) is 0 Å². The Bertz CT molecular complexity index is 2880. The maximum Gasteiger partial charge on any atom is 0.0884 e. The number of hydrogen-bond acceptors (Lipinski definition) is 1. The summed E-state index contributed by atoms with van der Waals surface area (Å²) in [4.78, 5) is 4.52. The Balaban J connectivity index is 1.22. The molecular formula is C47H30N2. The molecule has 0 spiro atoms. The quantitative estimate of drug-likeness (QED) is 0.179. The molecule has 10 rings (SSSR count). The van der Waals surface area contributed by atoms with Gasteiger partial charge in [0, 0.05) is 18.1 Å². The summed E-state index contributed by atoms with van der Waals surface area (Å²) in [6, 6.07) is 62.1. The average Bonchev–Trinajstić information content (AvgIpc) is 3.61. The van der Waals surface area contributed by atoms with Gasteiger partial charge >= 0.3 is 0 Å². The molecule has 2 aromatic heterocycles. The molecule has 8 aromatic carbocycles. The molecule has 0 radical (unpaired) electrons. The summed E-state index contributed by atoms with van der Waals surface area (Å²) in [6.45, 7) is 0. The van der Waals surface area contributed by atoms with E-state index >= 15 is 0 Å². The first-order valence-corrected chi connectivity index (χ1v) is 16.8. The third kappa shape index (κ3) is 4.53. The lowest BCUT2D eigenvalue weighted by molar-refractivity contribution is 1.13. The summed E-state index contributed by atoms with van der Waals surface area (Å²) in [5.74, 6) is 0. The average molecular weight is 623 g/mol. The van der Waals surface area contributed by atoms with Crippen LogP contribution in [0, 0.1) is 0 Å². The summed E-state index contributed by atoms with van der Waals surface area (Å²) in [5.41, 5.74) is 10.6. The molecular weight excluding hydrogens is 593 g/mol. The van der Waals surface area contributed by atoms with Gasteiger partial charge in [-0.1, -0.05) is 121 Å². The highest BCUT2D eigenvalue weighted by atomic mass is 15.0. The number of aromatic nitrogens is 2. The van der Waals surface area contributed by atoms with Gasteiger partial charge in [0.2, 0.25) is 0 Å². The van der Waals surface area contributed by atoms with Gasteiger partial charge in [0.25, 0.3) is 0 Å². The predicted molar refractivity (Wildman–Crippen MR) is 207 cm³/mol. The maximum absolute atomic E-state index is 4.52. The van der Waals surface area contributed by atoms with Crippen LogP contribution >= 0.6 is 0 Å². The van der Waals surface area contributed by atoms with Crippen LogP contribution in [0.2, 0.25) is 0 Å². The fourth-order valence-corrected chi connectivity index (χ4v) is 7.68. The number of fused-ring (bicyclic) bond motifs is 5. The lowest BCUT2D eigenvalue weighted by Crippen LogP contribution is -1.93. The van der Waals surface area contributed by atoms with Crippen LogP contribution in [0.5, 0.6) is 0 Å². The van der Waals surface area contributed by atoms with Crippen LogP contribution in [0.25, 0.3) is 93.2 Å². The molecule has 0 atom stereocenters. The molecule has 0 aliphatic rings. The van der Waals surface area contributed by atoms with Crippen LogP contribution in [-0.2, 0) is 0 Å². The zero-order chi connectivity index (χ0) is 32.3. The van der Waals surface area contributed by atoms with E-state index in [1.54, 1.807) is 0 Å². The van der Waals surface area contributed by atoms with Crippen LogP contribution < -0.4 is 0 Å². The molecule has 228 valence electrons. The monoisotopic (exact) mass is 622 g/mol. The van der Waals surface area contributed by atoms with E-state index in [1.165, 1.54) is 76.5 Å². The molecule has 0 fully saturated rings. The van der Waals surface area contributed by atoms with E-state index in [2.05, 4.69) is 180 Å². The fourth-order valence-electron chi connectivity index (χ4n) is 7.68. The minimum absolute atomic E-state index is 0.997. The van der Waals surface area contributed by atoms with Crippen LogP contribution in [0.4, 0.5) is 0 Å². The predicted octanol–water partition coefficient (Wildman–Crippen LogP) is 12.6. The van der Waals surface area contributed by atoms with Crippen LogP contribution in [0.3, 0.4) is 0 Å². The summed E-state index contributed by atoms with van der Waals surface area (Å²) < 4.78 is 2.20. The standard InChI is InChI=1S/C47H30N2/c1-3-10-34-28-37(17-15-31(34)8-1)46-40-12-5-6-13-41(40)47(38-18-16-32-9-2-4-11-35(32)29-38)43-30-36(21-24-42(43)46)33-19-22-39(23-20-33)49-27-25-44-45(49)14-7-26-48-44/h1-30H. The van der Waals surface area contributed by atoms with Crippen molar-refractivity contribution < 1.29 is 0 Å². The molecule has 2 heterocycles. The van der Waals surface area contributed by atoms with Gasteiger partial charge in [0.1, 0.15) is 0 Å². The van der Waals surface area contributed by atoms with Gasteiger partial charge in [-0.15, -0.1) is 0 Å². The Morgan fingerprint density at radius 3 is 1.59 bits per heavy atom. The second-order valence-electron chi connectivity index (χ2n) is 12.8. The highest BCUT2D eigenvalue weighted by Crippen LogP contribution is 2.45. The minimum atomic E-state index is 0.997. The molecule has 0 N–H and O–H groups in total. The van der Waals surface area contributed by atoms with Gasteiger partial charge in [-0.05, 0) is 125 Å². The van der Waals surface area contributed by atoms with Crippen molar-refractivity contribution in [2.75, 3.05) is 0 Å². The van der Waals surface area contributed by atoms with E-state index in [0.717, 1.165) is 16.7 Å². The third-order valence-electron chi connectivity index (χ3n) is 10.0. The van der Waals surface area contributed by atoms with Gasteiger partial charge in [-0.2, -0.15) is 0 Å². The van der Waals surface area contributed by atoms with Crippen molar-refractivity contribution in [3.8, 4) is 39.1 Å². The van der Waals surface area contributed by atoms with E-state index in [1.807, 2.05) is 12.3 Å². The summed E-state index contributed by atoms with van der Waals surface area (Å²) in [5, 5.41) is 10.0. The van der Waals surface area contributed by atoms with Gasteiger partial charge in [-0.3, -0.25) is 4.98 Å². The zero-order valence-electron chi connectivity index (χ0n) is 26.7. The number of hydrogen-bond donors (Lipinski definition) is 0. The first-order valence-electron chi connectivity index (χ1n) is 16.8. The van der Waals surface area contributed by atoms with E-state index < -0.39 is 0 Å². The smallest absolute Gasteiger partial charge is 0.0884 e. The first-order chi connectivity index (χ1) is 24.3. The molecule has 2 heteroatoms. The Labute approximate surface area is 284 Å². The van der Waals surface area contributed by atoms with Crippen LogP contribution in [0.1, 0.15) is 0 Å². The molecule has 10 aromatic rings. The Morgan fingerprint density at radius 1 is 0.367 bits per heavy atom. The van der Waals surface area contributed by atoms with E-state index in [9.17, 15) is 0 Å². The molecule has 0 bridgehead atoms.